The molecule has 4 aromatic rings. The molecule has 4 aromatic carbocycles. The van der Waals surface area contributed by atoms with Crippen LogP contribution in [0, 0.1) is 0 Å². The highest BCUT2D eigenvalue weighted by molar-refractivity contribution is 5.96. The molecule has 4 N–H and O–H groups in total. The Morgan fingerprint density at radius 1 is 0.607 bits per heavy atom. The Balaban J connectivity index is 2.22. The molecule has 0 saturated carbocycles. The summed E-state index contributed by atoms with van der Waals surface area (Å²) < 4.78 is 44.3. The highest BCUT2D eigenvalue weighted by atomic mass is 19.4. The van der Waals surface area contributed by atoms with Gasteiger partial charge in [-0.15, -0.1) is 0 Å². The van der Waals surface area contributed by atoms with Crippen molar-refractivity contribution < 1.29 is 13.2 Å². The summed E-state index contributed by atoms with van der Waals surface area (Å²) in [5.74, 6) is 0. The summed E-state index contributed by atoms with van der Waals surface area (Å²) in [6.45, 7) is 1.17. The largest absolute Gasteiger partial charge is 0.402 e. The van der Waals surface area contributed by atoms with Gasteiger partial charge in [0.15, 0.2) is 0 Å². The molecule has 2 nitrogen and oxygen atoms in total. The van der Waals surface area contributed by atoms with Crippen molar-refractivity contribution in [1.82, 2.24) is 0 Å². The number of hydrogen-bond donors (Lipinski definition) is 2. The third-order valence-corrected chi connectivity index (χ3v) is 5.49. The first kappa shape index (κ1) is 18.2. The zero-order valence-electron chi connectivity index (χ0n) is 15.2. The Labute approximate surface area is 160 Å². The van der Waals surface area contributed by atoms with Gasteiger partial charge in [-0.3, -0.25) is 0 Å². The van der Waals surface area contributed by atoms with Crippen LogP contribution in [0.15, 0.2) is 72.8 Å². The molecule has 0 amide bonds. The molecule has 0 unspecified atom stereocenters. The summed E-state index contributed by atoms with van der Waals surface area (Å²) >= 11 is 0. The Hall–Kier alpha value is -3.21. The number of halogens is 3. The molecular weight excluding hydrogens is 361 g/mol. The van der Waals surface area contributed by atoms with Gasteiger partial charge in [0.1, 0.15) is 5.41 Å². The highest BCUT2D eigenvalue weighted by Crippen LogP contribution is 2.53. The van der Waals surface area contributed by atoms with Crippen LogP contribution in [0.25, 0.3) is 21.5 Å². The molecule has 5 heteroatoms. The van der Waals surface area contributed by atoms with Gasteiger partial charge >= 0.3 is 6.18 Å². The predicted octanol–water partition coefficient (Wildman–Crippen LogP) is 6.03. The lowest BCUT2D eigenvalue weighted by atomic mass is 9.71. The quantitative estimate of drug-likeness (QED) is 0.418. The molecule has 0 aliphatic heterocycles. The first-order valence-electron chi connectivity index (χ1n) is 8.87. The monoisotopic (exact) mass is 380 g/mol. The maximum Gasteiger partial charge on any atom is 0.402 e. The Morgan fingerprint density at radius 2 is 1.00 bits per heavy atom. The first-order chi connectivity index (χ1) is 13.2. The van der Waals surface area contributed by atoms with Gasteiger partial charge in [-0.05, 0) is 40.6 Å². The van der Waals surface area contributed by atoms with Crippen LogP contribution in [0.5, 0.6) is 0 Å². The zero-order valence-corrected chi connectivity index (χ0v) is 15.2. The van der Waals surface area contributed by atoms with Gasteiger partial charge in [0.2, 0.25) is 0 Å². The number of hydrogen-bond acceptors (Lipinski definition) is 2. The van der Waals surface area contributed by atoms with Crippen molar-refractivity contribution in [3.8, 4) is 0 Å². The number of nitrogen functional groups attached to an aromatic ring is 2. The smallest absolute Gasteiger partial charge is 0.398 e. The topological polar surface area (TPSA) is 52.0 Å². The van der Waals surface area contributed by atoms with Crippen LogP contribution in [-0.2, 0) is 5.41 Å². The van der Waals surface area contributed by atoms with Crippen molar-refractivity contribution in [1.29, 1.82) is 0 Å². The summed E-state index contributed by atoms with van der Waals surface area (Å²) in [4.78, 5) is 0. The molecule has 0 saturated heterocycles. The van der Waals surface area contributed by atoms with Gasteiger partial charge in [-0.1, -0.05) is 60.7 Å². The van der Waals surface area contributed by atoms with E-state index in [2.05, 4.69) is 0 Å². The Bertz CT molecular complexity index is 1110. The van der Waals surface area contributed by atoms with E-state index in [1.165, 1.54) is 19.1 Å². The maximum absolute atomic E-state index is 14.8. The molecule has 142 valence electrons. The zero-order chi connectivity index (χ0) is 20.1. The number of benzene rings is 4. The SMILES string of the molecule is CC(c1c(N)ccc2ccccc12)(c1c(N)ccc2ccccc12)C(F)(F)F. The van der Waals surface area contributed by atoms with E-state index in [0.717, 1.165) is 0 Å². The molecule has 4 rings (SSSR count). The Kier molecular flexibility index (Phi) is 4.00. The summed E-state index contributed by atoms with van der Waals surface area (Å²) in [7, 11) is 0. The van der Waals surface area contributed by atoms with Crippen LogP contribution in [0.3, 0.4) is 0 Å². The van der Waals surface area contributed by atoms with E-state index in [-0.39, 0.29) is 22.5 Å². The molecule has 0 aromatic heterocycles. The van der Waals surface area contributed by atoms with E-state index in [1.54, 1.807) is 60.7 Å². The normalized spacial score (nSPS) is 12.6. The molecule has 0 aliphatic rings. The van der Waals surface area contributed by atoms with Gasteiger partial charge < -0.3 is 11.5 Å². The molecule has 28 heavy (non-hydrogen) atoms. The Morgan fingerprint density at radius 3 is 1.39 bits per heavy atom. The van der Waals surface area contributed by atoms with E-state index in [0.29, 0.717) is 21.5 Å². The van der Waals surface area contributed by atoms with Crippen molar-refractivity contribution in [3.63, 3.8) is 0 Å². The third kappa shape index (κ3) is 2.50. The van der Waals surface area contributed by atoms with Gasteiger partial charge in [0.25, 0.3) is 0 Å². The van der Waals surface area contributed by atoms with Gasteiger partial charge in [0.05, 0.1) is 0 Å². The second-order valence-electron chi connectivity index (χ2n) is 7.12. The van der Waals surface area contributed by atoms with E-state index in [4.69, 9.17) is 11.5 Å². The molecule has 0 heterocycles. The van der Waals surface area contributed by atoms with Crippen LogP contribution in [0.2, 0.25) is 0 Å². The molecule has 0 radical (unpaired) electrons. The minimum absolute atomic E-state index is 0.0288. The number of alkyl halides is 3. The van der Waals surface area contributed by atoms with Crippen molar-refractivity contribution >= 4 is 32.9 Å². The van der Waals surface area contributed by atoms with E-state index >= 15 is 0 Å². The second-order valence-corrected chi connectivity index (χ2v) is 7.12. The van der Waals surface area contributed by atoms with Gasteiger partial charge in [-0.2, -0.15) is 13.2 Å². The van der Waals surface area contributed by atoms with Crippen molar-refractivity contribution in [2.45, 2.75) is 18.5 Å². The lowest BCUT2D eigenvalue weighted by Crippen LogP contribution is -2.42. The lowest BCUT2D eigenvalue weighted by Gasteiger charge is -2.36. The standard InChI is InChI=1S/C23H19F3N2/c1-22(23(24,25)26,20-16-8-4-2-6-14(16)10-12-18(20)27)21-17-9-5-3-7-15(17)11-13-19(21)28/h2-13H,27-28H2,1H3. The summed E-state index contributed by atoms with van der Waals surface area (Å²) in [5, 5.41) is 2.33. The third-order valence-electron chi connectivity index (χ3n) is 5.49. The van der Waals surface area contributed by atoms with E-state index in [1.807, 2.05) is 0 Å². The number of fused-ring (bicyclic) bond motifs is 2. The van der Waals surface area contributed by atoms with Crippen molar-refractivity contribution in [2.24, 2.45) is 0 Å². The van der Waals surface area contributed by atoms with Crippen molar-refractivity contribution in [2.75, 3.05) is 11.5 Å². The van der Waals surface area contributed by atoms with Gasteiger partial charge in [0, 0.05) is 22.5 Å². The van der Waals surface area contributed by atoms with Crippen LogP contribution < -0.4 is 11.5 Å². The number of nitrogens with two attached hydrogens (primary N) is 2. The molecule has 0 atom stereocenters. The minimum Gasteiger partial charge on any atom is -0.398 e. The van der Waals surface area contributed by atoms with Crippen LogP contribution in [0.1, 0.15) is 18.1 Å². The average molecular weight is 380 g/mol. The molecule has 0 aliphatic carbocycles. The summed E-state index contributed by atoms with van der Waals surface area (Å²) in [6.07, 6.45) is -4.62. The predicted molar refractivity (Wildman–Crippen MR) is 109 cm³/mol. The fourth-order valence-corrected chi connectivity index (χ4v) is 4.10. The number of anilines is 2. The van der Waals surface area contributed by atoms with Gasteiger partial charge in [-0.25, -0.2) is 0 Å². The first-order valence-corrected chi connectivity index (χ1v) is 8.87. The highest BCUT2D eigenvalue weighted by Gasteiger charge is 2.56. The summed E-state index contributed by atoms with van der Waals surface area (Å²) in [5.41, 5.74) is 10.2. The molecular formula is C23H19F3N2. The van der Waals surface area contributed by atoms with E-state index < -0.39 is 11.6 Å². The van der Waals surface area contributed by atoms with Crippen LogP contribution >= 0.6 is 0 Å². The molecule has 0 fully saturated rings. The average Bonchev–Trinajstić information content (AvgIpc) is 2.66. The second kappa shape index (κ2) is 6.16. The minimum atomic E-state index is -4.62. The number of rotatable bonds is 2. The van der Waals surface area contributed by atoms with Crippen LogP contribution in [-0.4, -0.2) is 6.18 Å². The molecule has 0 bridgehead atoms. The van der Waals surface area contributed by atoms with E-state index in [9.17, 15) is 13.2 Å². The van der Waals surface area contributed by atoms with Crippen LogP contribution in [0.4, 0.5) is 24.5 Å². The fourth-order valence-electron chi connectivity index (χ4n) is 4.10. The fraction of sp³-hybridized carbons (Fsp3) is 0.130. The summed E-state index contributed by atoms with van der Waals surface area (Å²) in [6, 6.07) is 20.4. The maximum atomic E-state index is 14.8. The van der Waals surface area contributed by atoms with Crippen molar-refractivity contribution in [3.05, 3.63) is 83.9 Å². The lowest BCUT2D eigenvalue weighted by molar-refractivity contribution is -0.172. The molecule has 0 spiro atoms.